The molecular formula is C16H24N2O2S. The van der Waals surface area contributed by atoms with Crippen LogP contribution in [-0.4, -0.2) is 40.6 Å². The van der Waals surface area contributed by atoms with Gasteiger partial charge < -0.3 is 10.0 Å². The van der Waals surface area contributed by atoms with Gasteiger partial charge in [0, 0.05) is 23.8 Å². The van der Waals surface area contributed by atoms with Gasteiger partial charge in [-0.3, -0.25) is 4.79 Å². The van der Waals surface area contributed by atoms with Crippen LogP contribution in [0.15, 0.2) is 0 Å². The van der Waals surface area contributed by atoms with E-state index in [0.717, 1.165) is 34.5 Å². The van der Waals surface area contributed by atoms with Crippen molar-refractivity contribution in [1.29, 1.82) is 0 Å². The summed E-state index contributed by atoms with van der Waals surface area (Å²) in [5.74, 6) is 0.669. The van der Waals surface area contributed by atoms with Gasteiger partial charge in [-0.15, -0.1) is 11.3 Å². The first-order valence-electron chi connectivity index (χ1n) is 8.04. The maximum Gasteiger partial charge on any atom is 0.308 e. The van der Waals surface area contributed by atoms with E-state index in [1.807, 2.05) is 0 Å². The van der Waals surface area contributed by atoms with Crippen LogP contribution in [-0.2, 0) is 17.6 Å². The smallest absolute Gasteiger partial charge is 0.308 e. The van der Waals surface area contributed by atoms with Gasteiger partial charge >= 0.3 is 5.97 Å². The van der Waals surface area contributed by atoms with E-state index in [0.29, 0.717) is 5.92 Å². The van der Waals surface area contributed by atoms with Gasteiger partial charge in [-0.2, -0.15) is 0 Å². The third-order valence-electron chi connectivity index (χ3n) is 4.57. The summed E-state index contributed by atoms with van der Waals surface area (Å²) in [4.78, 5) is 19.2. The third kappa shape index (κ3) is 4.04. The molecule has 2 aliphatic rings. The summed E-state index contributed by atoms with van der Waals surface area (Å²) in [6, 6.07) is 0. The second kappa shape index (κ2) is 6.44. The van der Waals surface area contributed by atoms with Crippen molar-refractivity contribution in [2.24, 2.45) is 5.92 Å². The summed E-state index contributed by atoms with van der Waals surface area (Å²) in [6.07, 6.45) is 6.08. The predicted octanol–water partition coefficient (Wildman–Crippen LogP) is 2.92. The largest absolute Gasteiger partial charge is 0.481 e. The van der Waals surface area contributed by atoms with Crippen molar-refractivity contribution in [3.63, 3.8) is 0 Å². The van der Waals surface area contributed by atoms with Gasteiger partial charge in [0.1, 0.15) is 0 Å². The van der Waals surface area contributed by atoms with Crippen molar-refractivity contribution >= 4 is 17.3 Å². The second-order valence-electron chi connectivity index (χ2n) is 6.53. The van der Waals surface area contributed by atoms with Crippen molar-refractivity contribution in [1.82, 2.24) is 9.88 Å². The number of carbonyl (C=O) groups is 1. The molecule has 1 aromatic rings. The van der Waals surface area contributed by atoms with Crippen molar-refractivity contribution in [3.8, 4) is 0 Å². The quantitative estimate of drug-likeness (QED) is 0.878. The van der Waals surface area contributed by atoms with Crippen LogP contribution in [0.3, 0.4) is 0 Å². The predicted molar refractivity (Wildman–Crippen MR) is 84.0 cm³/mol. The lowest BCUT2D eigenvalue weighted by molar-refractivity contribution is -0.136. The first kappa shape index (κ1) is 15.0. The van der Waals surface area contributed by atoms with Gasteiger partial charge in [-0.1, -0.05) is 6.92 Å². The third-order valence-corrected chi connectivity index (χ3v) is 5.70. The zero-order valence-electron chi connectivity index (χ0n) is 12.7. The van der Waals surface area contributed by atoms with E-state index in [9.17, 15) is 4.79 Å². The lowest BCUT2D eigenvalue weighted by Crippen LogP contribution is -2.34. The van der Waals surface area contributed by atoms with Crippen LogP contribution >= 0.6 is 11.3 Å². The number of carboxylic acids is 1. The van der Waals surface area contributed by atoms with Crippen molar-refractivity contribution in [2.45, 2.75) is 51.4 Å². The van der Waals surface area contributed by atoms with Gasteiger partial charge in [-0.05, 0) is 44.7 Å². The minimum Gasteiger partial charge on any atom is -0.481 e. The molecule has 1 saturated carbocycles. The fourth-order valence-electron chi connectivity index (χ4n) is 3.00. The molecule has 2 fully saturated rings. The Morgan fingerprint density at radius 3 is 2.67 bits per heavy atom. The molecule has 2 heterocycles. The molecule has 0 unspecified atom stereocenters. The lowest BCUT2D eigenvalue weighted by atomic mass is 9.99. The number of hydrogen-bond donors (Lipinski definition) is 1. The zero-order chi connectivity index (χ0) is 14.8. The Morgan fingerprint density at radius 2 is 2.05 bits per heavy atom. The Kier molecular flexibility index (Phi) is 4.60. The normalized spacial score (nSPS) is 20.8. The van der Waals surface area contributed by atoms with E-state index in [1.54, 1.807) is 11.3 Å². The highest BCUT2D eigenvalue weighted by atomic mass is 32.1. The van der Waals surface area contributed by atoms with Gasteiger partial charge in [-0.25, -0.2) is 4.98 Å². The number of aliphatic carboxylic acids is 1. The Bertz CT molecular complexity index is 502. The van der Waals surface area contributed by atoms with Crippen LogP contribution in [0.2, 0.25) is 0 Å². The SMILES string of the molecule is CC1CCN(CCc2nc(C3CC3)c(CC(=O)O)s2)CC1. The first-order chi connectivity index (χ1) is 10.1. The van der Waals surface area contributed by atoms with Gasteiger partial charge in [0.05, 0.1) is 17.1 Å². The molecule has 5 heteroatoms. The van der Waals surface area contributed by atoms with Gasteiger partial charge in [0.2, 0.25) is 0 Å². The minimum atomic E-state index is -0.739. The molecule has 0 bridgehead atoms. The monoisotopic (exact) mass is 308 g/mol. The van der Waals surface area contributed by atoms with Crippen molar-refractivity contribution in [3.05, 3.63) is 15.6 Å². The number of carboxylic acid groups (broad SMARTS) is 1. The molecule has 0 amide bonds. The van der Waals surface area contributed by atoms with E-state index in [2.05, 4.69) is 11.8 Å². The number of aromatic nitrogens is 1. The summed E-state index contributed by atoms with van der Waals surface area (Å²) in [6.45, 7) is 5.79. The standard InChI is InChI=1S/C16H24N2O2S/c1-11-4-7-18(8-5-11)9-6-14-17-16(12-2-3-12)13(21-14)10-15(19)20/h11-12H,2-10H2,1H3,(H,19,20). The number of thiazole rings is 1. The van der Waals surface area contributed by atoms with E-state index in [-0.39, 0.29) is 6.42 Å². The molecule has 1 aliphatic carbocycles. The summed E-state index contributed by atoms with van der Waals surface area (Å²) in [7, 11) is 0. The molecule has 4 nitrogen and oxygen atoms in total. The summed E-state index contributed by atoms with van der Waals surface area (Å²) < 4.78 is 0. The Morgan fingerprint density at radius 1 is 1.33 bits per heavy atom. The average Bonchev–Trinajstić information content (AvgIpc) is 3.21. The van der Waals surface area contributed by atoms with Crippen LogP contribution in [0.1, 0.15) is 54.1 Å². The number of nitrogens with zero attached hydrogens (tertiary/aromatic N) is 2. The number of piperidine rings is 1. The Labute approximate surface area is 130 Å². The maximum absolute atomic E-state index is 11.0. The van der Waals surface area contributed by atoms with E-state index >= 15 is 0 Å². The molecule has 1 aromatic heterocycles. The van der Waals surface area contributed by atoms with Crippen LogP contribution in [0, 0.1) is 5.92 Å². The Balaban J connectivity index is 1.58. The molecule has 0 atom stereocenters. The molecule has 21 heavy (non-hydrogen) atoms. The zero-order valence-corrected chi connectivity index (χ0v) is 13.5. The summed E-state index contributed by atoms with van der Waals surface area (Å²) >= 11 is 1.63. The molecule has 1 N–H and O–H groups in total. The van der Waals surface area contributed by atoms with Gasteiger partial charge in [0.15, 0.2) is 0 Å². The van der Waals surface area contributed by atoms with Crippen molar-refractivity contribution < 1.29 is 9.90 Å². The van der Waals surface area contributed by atoms with Gasteiger partial charge in [0.25, 0.3) is 0 Å². The maximum atomic E-state index is 11.0. The first-order valence-corrected chi connectivity index (χ1v) is 8.86. The van der Waals surface area contributed by atoms with Crippen LogP contribution in [0.4, 0.5) is 0 Å². The van der Waals surface area contributed by atoms with E-state index in [4.69, 9.17) is 10.1 Å². The highest BCUT2D eigenvalue weighted by Gasteiger charge is 2.30. The molecule has 1 saturated heterocycles. The van der Waals surface area contributed by atoms with Crippen LogP contribution in [0.25, 0.3) is 0 Å². The molecule has 1 aliphatic heterocycles. The number of hydrogen-bond acceptors (Lipinski definition) is 4. The number of rotatable bonds is 6. The highest BCUT2D eigenvalue weighted by molar-refractivity contribution is 7.11. The fraction of sp³-hybridized carbons (Fsp3) is 0.750. The summed E-state index contributed by atoms with van der Waals surface area (Å²) in [5.41, 5.74) is 1.09. The molecule has 3 rings (SSSR count). The molecule has 0 aromatic carbocycles. The minimum absolute atomic E-state index is 0.144. The van der Waals surface area contributed by atoms with E-state index in [1.165, 1.54) is 38.8 Å². The number of likely N-dealkylation sites (tertiary alicyclic amines) is 1. The van der Waals surface area contributed by atoms with E-state index < -0.39 is 5.97 Å². The fourth-order valence-corrected chi connectivity index (χ4v) is 4.13. The highest BCUT2D eigenvalue weighted by Crippen LogP contribution is 2.42. The Hall–Kier alpha value is -0.940. The lowest BCUT2D eigenvalue weighted by Gasteiger charge is -2.29. The van der Waals surface area contributed by atoms with Crippen molar-refractivity contribution in [2.75, 3.05) is 19.6 Å². The topological polar surface area (TPSA) is 53.4 Å². The average molecular weight is 308 g/mol. The summed E-state index contributed by atoms with van der Waals surface area (Å²) in [5, 5.41) is 10.2. The molecule has 116 valence electrons. The molecule has 0 radical (unpaired) electrons. The molecule has 0 spiro atoms. The van der Waals surface area contributed by atoms with Crippen LogP contribution in [0.5, 0.6) is 0 Å². The second-order valence-corrected chi connectivity index (χ2v) is 7.70. The molecular weight excluding hydrogens is 284 g/mol. The van der Waals surface area contributed by atoms with Crippen LogP contribution < -0.4 is 0 Å².